The van der Waals surface area contributed by atoms with Crippen LogP contribution in [-0.2, 0) is 13.6 Å². The minimum absolute atomic E-state index is 0.0162. The van der Waals surface area contributed by atoms with Crippen molar-refractivity contribution >= 4 is 22.4 Å². The summed E-state index contributed by atoms with van der Waals surface area (Å²) in [6, 6.07) is 0. The van der Waals surface area contributed by atoms with E-state index in [1.54, 1.807) is 5.57 Å². The molecule has 5 heteroatoms. The van der Waals surface area contributed by atoms with Crippen LogP contribution in [-0.4, -0.2) is 34.6 Å². The molecule has 0 amide bonds. The number of hydrogen-bond donors (Lipinski definition) is 0. The molecule has 0 spiro atoms. The normalized spacial score (nSPS) is 33.3. The number of carbonyl (C=O) groups is 1. The van der Waals surface area contributed by atoms with E-state index < -0.39 is 16.6 Å². The summed E-state index contributed by atoms with van der Waals surface area (Å²) in [5.74, 6) is 2.39. The van der Waals surface area contributed by atoms with Crippen molar-refractivity contribution in [1.82, 2.24) is 0 Å². The zero-order valence-electron chi connectivity index (χ0n) is 30.6. The highest BCUT2D eigenvalue weighted by atomic mass is 28.4. The molecule has 0 aliphatic heterocycles. The molecule has 4 saturated carbocycles. The molecular formula is C39H66O3Si2. The lowest BCUT2D eigenvalue weighted by molar-refractivity contribution is -0.115. The Bertz CT molecular complexity index is 1170. The van der Waals surface area contributed by atoms with Crippen LogP contribution >= 0.6 is 0 Å². The fraction of sp³-hybridized carbons (Fsp3) is 0.769. The van der Waals surface area contributed by atoms with Gasteiger partial charge < -0.3 is 8.85 Å². The van der Waals surface area contributed by atoms with Gasteiger partial charge in [-0.05, 0) is 128 Å². The van der Waals surface area contributed by atoms with Gasteiger partial charge in [-0.3, -0.25) is 4.79 Å². The van der Waals surface area contributed by atoms with Crippen LogP contribution in [0, 0.1) is 29.1 Å². The molecule has 0 heterocycles. The zero-order chi connectivity index (χ0) is 32.9. The van der Waals surface area contributed by atoms with Crippen molar-refractivity contribution < 1.29 is 13.6 Å². The van der Waals surface area contributed by atoms with Crippen molar-refractivity contribution in [2.75, 3.05) is 0 Å². The summed E-state index contributed by atoms with van der Waals surface area (Å²) in [5.41, 5.74) is 4.43. The van der Waals surface area contributed by atoms with Crippen LogP contribution in [0.1, 0.15) is 113 Å². The highest BCUT2D eigenvalue weighted by Crippen LogP contribution is 2.59. The van der Waals surface area contributed by atoms with Crippen molar-refractivity contribution in [2.24, 2.45) is 29.1 Å². The lowest BCUT2D eigenvalue weighted by Crippen LogP contribution is -2.49. The maximum atomic E-state index is 12.4. The van der Waals surface area contributed by atoms with Crippen molar-refractivity contribution in [3.05, 3.63) is 47.6 Å². The van der Waals surface area contributed by atoms with E-state index in [0.717, 1.165) is 25.7 Å². The standard InChI is InChI=1S/C39H66O3Si2/c1-27(16-23-35(40)30-18-19-30)33-21-22-34-29(15-14-24-39(33,34)9)17-20-31-25-32(41-43(10,11)37(3,4)5)26-36(28(31)2)42-44(12,13)38(6,7)8/h16-17,20,23,27,30,32-34,36H,2,14-15,18-19,21-22,24-26H2,1,3-13H3/b23-16+,29-17+,31-20+/t27-,32-,33-,34?,36+,39-/m0/s1. The average Bonchev–Trinajstić information content (AvgIpc) is 3.68. The Labute approximate surface area is 273 Å². The van der Waals surface area contributed by atoms with Crippen LogP contribution in [0.25, 0.3) is 0 Å². The Hall–Kier alpha value is -1.02. The maximum Gasteiger partial charge on any atom is 0.192 e. The summed E-state index contributed by atoms with van der Waals surface area (Å²) in [7, 11) is -3.91. The van der Waals surface area contributed by atoms with Gasteiger partial charge in [-0.1, -0.05) is 85.8 Å². The van der Waals surface area contributed by atoms with Crippen LogP contribution in [0.3, 0.4) is 0 Å². The first-order valence-corrected chi connectivity index (χ1v) is 23.6. The molecule has 0 N–H and O–H groups in total. The molecule has 4 aliphatic rings. The number of rotatable bonds is 9. The Balaban J connectivity index is 1.58. The van der Waals surface area contributed by atoms with Crippen molar-refractivity contribution in [2.45, 2.75) is 162 Å². The molecular weight excluding hydrogens is 573 g/mol. The third-order valence-corrected chi connectivity index (χ3v) is 22.0. The largest absolute Gasteiger partial charge is 0.413 e. The Morgan fingerprint density at radius 3 is 2.16 bits per heavy atom. The van der Waals surface area contributed by atoms with E-state index >= 15 is 0 Å². The van der Waals surface area contributed by atoms with Gasteiger partial charge in [-0.15, -0.1) is 0 Å². The first-order chi connectivity index (χ1) is 20.2. The van der Waals surface area contributed by atoms with Crippen LogP contribution in [0.4, 0.5) is 0 Å². The molecule has 248 valence electrons. The molecule has 0 bridgehead atoms. The van der Waals surface area contributed by atoms with Gasteiger partial charge >= 0.3 is 0 Å². The Morgan fingerprint density at radius 2 is 1.57 bits per heavy atom. The van der Waals surface area contributed by atoms with Gasteiger partial charge in [-0.2, -0.15) is 0 Å². The van der Waals surface area contributed by atoms with Crippen LogP contribution in [0.5, 0.6) is 0 Å². The Kier molecular flexibility index (Phi) is 10.5. The van der Waals surface area contributed by atoms with Gasteiger partial charge in [0.15, 0.2) is 22.4 Å². The second-order valence-electron chi connectivity index (χ2n) is 18.3. The quantitative estimate of drug-likeness (QED) is 0.186. The molecule has 0 aromatic rings. The topological polar surface area (TPSA) is 35.5 Å². The minimum atomic E-state index is -1.98. The lowest BCUT2D eigenvalue weighted by atomic mass is 9.61. The van der Waals surface area contributed by atoms with Crippen molar-refractivity contribution in [3.8, 4) is 0 Å². The van der Waals surface area contributed by atoms with Crippen molar-refractivity contribution in [1.29, 1.82) is 0 Å². The maximum absolute atomic E-state index is 12.4. The number of fused-ring (bicyclic) bond motifs is 1. The van der Waals surface area contributed by atoms with Crippen LogP contribution in [0.2, 0.25) is 36.3 Å². The molecule has 1 unspecified atom stereocenters. The molecule has 3 nitrogen and oxygen atoms in total. The van der Waals surface area contributed by atoms with E-state index in [4.69, 9.17) is 8.85 Å². The molecule has 6 atom stereocenters. The van der Waals surface area contributed by atoms with Gasteiger partial charge in [0.05, 0.1) is 12.2 Å². The second-order valence-corrected chi connectivity index (χ2v) is 27.8. The summed E-state index contributed by atoms with van der Waals surface area (Å²) in [6.45, 7) is 33.0. The van der Waals surface area contributed by atoms with Crippen LogP contribution in [0.15, 0.2) is 47.6 Å². The molecule has 4 rings (SSSR count). The predicted octanol–water partition coefficient (Wildman–Crippen LogP) is 11.4. The first-order valence-electron chi connectivity index (χ1n) is 17.8. The number of allylic oxidation sites excluding steroid dienone is 5. The monoisotopic (exact) mass is 638 g/mol. The summed E-state index contributed by atoms with van der Waals surface area (Å²) in [5, 5.41) is 0.321. The second kappa shape index (κ2) is 12.9. The number of ketones is 1. The van der Waals surface area contributed by atoms with Gasteiger partial charge in [-0.25, -0.2) is 0 Å². The van der Waals surface area contributed by atoms with E-state index in [0.29, 0.717) is 34.9 Å². The van der Waals surface area contributed by atoms with E-state index in [9.17, 15) is 4.79 Å². The first kappa shape index (κ1) is 35.8. The molecule has 0 aromatic carbocycles. The van der Waals surface area contributed by atoms with E-state index in [1.807, 2.05) is 6.08 Å². The molecule has 4 aliphatic carbocycles. The highest BCUT2D eigenvalue weighted by molar-refractivity contribution is 6.74. The minimum Gasteiger partial charge on any atom is -0.413 e. The van der Waals surface area contributed by atoms with Crippen molar-refractivity contribution in [3.63, 3.8) is 0 Å². The van der Waals surface area contributed by atoms with Gasteiger partial charge in [0, 0.05) is 12.3 Å². The summed E-state index contributed by atoms with van der Waals surface area (Å²) >= 11 is 0. The van der Waals surface area contributed by atoms with E-state index in [-0.39, 0.29) is 22.3 Å². The molecule has 0 radical (unpaired) electrons. The molecule has 4 fully saturated rings. The van der Waals surface area contributed by atoms with Gasteiger partial charge in [0.25, 0.3) is 0 Å². The fourth-order valence-electron chi connectivity index (χ4n) is 7.79. The fourth-order valence-corrected chi connectivity index (χ4v) is 10.5. The third kappa shape index (κ3) is 7.74. The number of hydrogen-bond acceptors (Lipinski definition) is 3. The SMILES string of the molecule is C=C1/C(=C/C=C2\CCC[C@]3(C)C2CC[C@H]3[C@@H](C)/C=C/C(=O)C2CC2)C[C@H](O[Si](C)(C)C(C)(C)C)C[C@H]1O[Si](C)(C)C(C)(C)C. The van der Waals surface area contributed by atoms with Gasteiger partial charge in [0.2, 0.25) is 0 Å². The zero-order valence-corrected chi connectivity index (χ0v) is 32.6. The van der Waals surface area contributed by atoms with Gasteiger partial charge in [0.1, 0.15) is 0 Å². The Morgan fingerprint density at radius 1 is 0.955 bits per heavy atom. The lowest BCUT2D eigenvalue weighted by Gasteiger charge is -2.45. The smallest absolute Gasteiger partial charge is 0.192 e. The summed E-state index contributed by atoms with van der Waals surface area (Å²) < 4.78 is 14.1. The summed E-state index contributed by atoms with van der Waals surface area (Å²) in [6.07, 6.45) is 19.5. The van der Waals surface area contributed by atoms with Crippen LogP contribution < -0.4 is 0 Å². The molecule has 0 saturated heterocycles. The van der Waals surface area contributed by atoms with E-state index in [2.05, 4.69) is 106 Å². The molecule has 0 aromatic heterocycles. The highest BCUT2D eigenvalue weighted by Gasteiger charge is 2.50. The predicted molar refractivity (Wildman–Crippen MR) is 193 cm³/mol. The third-order valence-electron chi connectivity index (χ3n) is 13.0. The number of carbonyl (C=O) groups excluding carboxylic acids is 1. The van der Waals surface area contributed by atoms with E-state index in [1.165, 1.54) is 43.3 Å². The molecule has 44 heavy (non-hydrogen) atoms. The summed E-state index contributed by atoms with van der Waals surface area (Å²) in [4.78, 5) is 12.4. The average molecular weight is 639 g/mol.